The summed E-state index contributed by atoms with van der Waals surface area (Å²) in [6.45, 7) is 5.41. The van der Waals surface area contributed by atoms with Gasteiger partial charge in [-0.2, -0.15) is 0 Å². The van der Waals surface area contributed by atoms with Gasteiger partial charge in [0, 0.05) is 26.1 Å². The minimum Gasteiger partial charge on any atom is -0.462 e. The molecule has 0 aromatic carbocycles. The normalized spacial score (nSPS) is 16.0. The van der Waals surface area contributed by atoms with Gasteiger partial charge < -0.3 is 9.73 Å². The number of esters is 1. The first-order valence-corrected chi connectivity index (χ1v) is 4.21. The van der Waals surface area contributed by atoms with E-state index >= 15 is 0 Å². The third-order valence-electron chi connectivity index (χ3n) is 1.69. The summed E-state index contributed by atoms with van der Waals surface area (Å²) in [5.74, 6) is -0.0258. The zero-order chi connectivity index (χ0) is 9.56. The number of aliphatic imine (C=N–C) groups is 1. The fraction of sp³-hybridized carbons (Fsp3) is 0.778. The van der Waals surface area contributed by atoms with E-state index in [0.717, 1.165) is 6.42 Å². The predicted octanol–water partition coefficient (Wildman–Crippen LogP) is 1.66. The first kappa shape index (κ1) is 11.1. The van der Waals surface area contributed by atoms with Crippen molar-refractivity contribution in [2.45, 2.75) is 33.3 Å². The zero-order valence-corrected chi connectivity index (χ0v) is 8.20. The van der Waals surface area contributed by atoms with Crippen LogP contribution in [0.25, 0.3) is 0 Å². The molecule has 0 aliphatic heterocycles. The van der Waals surface area contributed by atoms with Crippen LogP contribution in [-0.2, 0) is 9.53 Å². The first-order chi connectivity index (χ1) is 5.61. The lowest BCUT2D eigenvalue weighted by atomic mass is 10.0. The van der Waals surface area contributed by atoms with Crippen molar-refractivity contribution in [3.8, 4) is 0 Å². The van der Waals surface area contributed by atoms with E-state index in [2.05, 4.69) is 4.99 Å². The van der Waals surface area contributed by atoms with Gasteiger partial charge in [-0.25, -0.2) is 0 Å². The summed E-state index contributed by atoms with van der Waals surface area (Å²) in [7, 11) is 1.72. The molecule has 2 atom stereocenters. The monoisotopic (exact) mass is 171 g/mol. The summed E-state index contributed by atoms with van der Waals surface area (Å²) < 4.78 is 5.08. The highest BCUT2D eigenvalue weighted by Gasteiger charge is 2.15. The van der Waals surface area contributed by atoms with Crippen LogP contribution in [0.15, 0.2) is 4.99 Å². The lowest BCUT2D eigenvalue weighted by molar-refractivity contribution is -0.147. The number of hydrogen-bond donors (Lipinski definition) is 0. The molecule has 0 aromatic rings. The third kappa shape index (κ3) is 4.11. The summed E-state index contributed by atoms with van der Waals surface area (Å²) in [4.78, 5) is 14.6. The molecular formula is C9H17NO2. The maximum absolute atomic E-state index is 10.7. The molecule has 0 saturated carbocycles. The standard InChI is InChI=1S/C9H17NO2/c1-5-9(12-8(3)11)7(2)6-10-4/h6-7,9H,5H2,1-4H3/t7?,9-/m0/s1. The molecule has 12 heavy (non-hydrogen) atoms. The van der Waals surface area contributed by atoms with Crippen LogP contribution in [0.2, 0.25) is 0 Å². The Balaban J connectivity index is 4.04. The summed E-state index contributed by atoms with van der Waals surface area (Å²) in [5, 5.41) is 0. The fourth-order valence-electron chi connectivity index (χ4n) is 1.11. The van der Waals surface area contributed by atoms with Crippen molar-refractivity contribution in [1.82, 2.24) is 0 Å². The van der Waals surface area contributed by atoms with Gasteiger partial charge in [0.2, 0.25) is 0 Å². The Labute approximate surface area is 73.8 Å². The zero-order valence-electron chi connectivity index (χ0n) is 8.20. The van der Waals surface area contributed by atoms with Gasteiger partial charge in [-0.3, -0.25) is 4.79 Å². The van der Waals surface area contributed by atoms with Crippen LogP contribution in [0.1, 0.15) is 27.2 Å². The van der Waals surface area contributed by atoms with Crippen molar-refractivity contribution < 1.29 is 9.53 Å². The molecule has 1 unspecified atom stereocenters. The van der Waals surface area contributed by atoms with Crippen molar-refractivity contribution in [2.24, 2.45) is 10.9 Å². The van der Waals surface area contributed by atoms with Crippen LogP contribution < -0.4 is 0 Å². The van der Waals surface area contributed by atoms with Crippen LogP contribution >= 0.6 is 0 Å². The van der Waals surface area contributed by atoms with Gasteiger partial charge in [0.25, 0.3) is 0 Å². The highest BCUT2D eigenvalue weighted by atomic mass is 16.5. The van der Waals surface area contributed by atoms with Crippen LogP contribution in [0, 0.1) is 5.92 Å². The van der Waals surface area contributed by atoms with Gasteiger partial charge in [0.15, 0.2) is 0 Å². The summed E-state index contributed by atoms with van der Waals surface area (Å²) in [6.07, 6.45) is 2.59. The Morgan fingerprint density at radius 2 is 2.25 bits per heavy atom. The van der Waals surface area contributed by atoms with E-state index in [1.807, 2.05) is 13.8 Å². The van der Waals surface area contributed by atoms with Crippen molar-refractivity contribution in [3.05, 3.63) is 0 Å². The smallest absolute Gasteiger partial charge is 0.302 e. The second-order valence-electron chi connectivity index (χ2n) is 2.82. The van der Waals surface area contributed by atoms with E-state index in [0.29, 0.717) is 0 Å². The summed E-state index contributed by atoms with van der Waals surface area (Å²) in [6, 6.07) is 0. The van der Waals surface area contributed by atoms with E-state index < -0.39 is 0 Å². The van der Waals surface area contributed by atoms with Crippen molar-refractivity contribution in [2.75, 3.05) is 7.05 Å². The molecule has 3 nitrogen and oxygen atoms in total. The summed E-state index contributed by atoms with van der Waals surface area (Å²) in [5.41, 5.74) is 0. The van der Waals surface area contributed by atoms with Gasteiger partial charge in [0.05, 0.1) is 0 Å². The lowest BCUT2D eigenvalue weighted by Gasteiger charge is -2.18. The molecule has 0 aliphatic rings. The number of hydrogen-bond acceptors (Lipinski definition) is 3. The highest BCUT2D eigenvalue weighted by molar-refractivity contribution is 5.67. The Morgan fingerprint density at radius 3 is 2.58 bits per heavy atom. The van der Waals surface area contributed by atoms with Gasteiger partial charge in [0.1, 0.15) is 6.10 Å². The molecule has 0 aromatic heterocycles. The molecule has 70 valence electrons. The number of carbonyl (C=O) groups is 1. The number of carbonyl (C=O) groups excluding carboxylic acids is 1. The van der Waals surface area contributed by atoms with E-state index in [-0.39, 0.29) is 18.0 Å². The molecule has 3 heteroatoms. The van der Waals surface area contributed by atoms with E-state index in [1.54, 1.807) is 13.3 Å². The molecule has 0 spiro atoms. The molecule has 0 saturated heterocycles. The maximum Gasteiger partial charge on any atom is 0.302 e. The van der Waals surface area contributed by atoms with E-state index in [1.165, 1.54) is 6.92 Å². The average Bonchev–Trinajstić information content (AvgIpc) is 2.00. The molecule has 0 N–H and O–H groups in total. The minimum atomic E-state index is -0.224. The molecule has 0 fully saturated rings. The Kier molecular flexibility index (Phi) is 5.34. The second-order valence-corrected chi connectivity index (χ2v) is 2.82. The first-order valence-electron chi connectivity index (χ1n) is 4.21. The van der Waals surface area contributed by atoms with Crippen LogP contribution in [-0.4, -0.2) is 25.3 Å². The highest BCUT2D eigenvalue weighted by Crippen LogP contribution is 2.09. The predicted molar refractivity (Wildman–Crippen MR) is 49.4 cm³/mol. The average molecular weight is 171 g/mol. The number of ether oxygens (including phenoxy) is 1. The topological polar surface area (TPSA) is 38.7 Å². The summed E-state index contributed by atoms with van der Waals surface area (Å²) >= 11 is 0. The van der Waals surface area contributed by atoms with Crippen LogP contribution in [0.3, 0.4) is 0 Å². The molecule has 0 amide bonds. The van der Waals surface area contributed by atoms with Crippen LogP contribution in [0.5, 0.6) is 0 Å². The largest absolute Gasteiger partial charge is 0.462 e. The van der Waals surface area contributed by atoms with Crippen LogP contribution in [0.4, 0.5) is 0 Å². The van der Waals surface area contributed by atoms with Crippen molar-refractivity contribution >= 4 is 12.2 Å². The molecule has 0 aliphatic carbocycles. The maximum atomic E-state index is 10.7. The fourth-order valence-corrected chi connectivity index (χ4v) is 1.11. The number of rotatable bonds is 4. The van der Waals surface area contributed by atoms with Gasteiger partial charge in [-0.05, 0) is 6.42 Å². The molecule has 0 rings (SSSR count). The Hall–Kier alpha value is -0.860. The second kappa shape index (κ2) is 5.75. The van der Waals surface area contributed by atoms with Gasteiger partial charge >= 0.3 is 5.97 Å². The lowest BCUT2D eigenvalue weighted by Crippen LogP contribution is -2.24. The van der Waals surface area contributed by atoms with E-state index in [4.69, 9.17) is 4.74 Å². The van der Waals surface area contributed by atoms with E-state index in [9.17, 15) is 4.79 Å². The number of nitrogens with zero attached hydrogens (tertiary/aromatic N) is 1. The minimum absolute atomic E-state index is 0.0359. The van der Waals surface area contributed by atoms with Gasteiger partial charge in [-0.1, -0.05) is 13.8 Å². The molecule has 0 bridgehead atoms. The quantitative estimate of drug-likeness (QED) is 0.476. The van der Waals surface area contributed by atoms with Gasteiger partial charge in [-0.15, -0.1) is 0 Å². The molecule has 0 radical (unpaired) electrons. The molecule has 0 heterocycles. The Morgan fingerprint density at radius 1 is 1.67 bits per heavy atom. The Bertz CT molecular complexity index is 166. The molecular weight excluding hydrogens is 154 g/mol. The third-order valence-corrected chi connectivity index (χ3v) is 1.69. The van der Waals surface area contributed by atoms with Crippen molar-refractivity contribution in [3.63, 3.8) is 0 Å². The SMILES string of the molecule is CC[C@H](OC(C)=O)C(C)C=NC. The van der Waals surface area contributed by atoms with Crippen molar-refractivity contribution in [1.29, 1.82) is 0 Å².